The summed E-state index contributed by atoms with van der Waals surface area (Å²) in [5.74, 6) is 0. The molecule has 0 heterocycles. The molecule has 0 rings (SSSR count). The Balaban J connectivity index is 4.25. The molecule has 0 saturated heterocycles. The monoisotopic (exact) mass is 244 g/mol. The van der Waals surface area contributed by atoms with Crippen molar-refractivity contribution in [2.24, 2.45) is 0 Å². The van der Waals surface area contributed by atoms with Crippen LogP contribution in [0.3, 0.4) is 0 Å². The maximum atomic E-state index is 9.56. The molecule has 3 heteroatoms. The Morgan fingerprint density at radius 2 is 1.88 bits per heavy atom. The highest BCUT2D eigenvalue weighted by molar-refractivity contribution is 4.87. The lowest BCUT2D eigenvalue weighted by molar-refractivity contribution is 0.119. The van der Waals surface area contributed by atoms with E-state index in [1.807, 2.05) is 0 Å². The molecule has 0 aliphatic carbocycles. The summed E-state index contributed by atoms with van der Waals surface area (Å²) in [6.07, 6.45) is 3.45. The number of nitrogens with one attached hydrogen (secondary N) is 1. The maximum Gasteiger partial charge on any atom is 0.0611 e. The molecule has 0 aromatic heterocycles. The number of aliphatic hydroxyl groups is 1. The van der Waals surface area contributed by atoms with Crippen molar-refractivity contribution in [3.8, 4) is 0 Å². The number of rotatable bonds is 9. The summed E-state index contributed by atoms with van der Waals surface area (Å²) >= 11 is 0. The second-order valence-electron chi connectivity index (χ2n) is 5.91. The summed E-state index contributed by atoms with van der Waals surface area (Å²) < 4.78 is 0. The Kier molecular flexibility index (Phi) is 8.01. The van der Waals surface area contributed by atoms with Crippen molar-refractivity contribution >= 4 is 0 Å². The predicted molar refractivity (Wildman–Crippen MR) is 75.4 cm³/mol. The summed E-state index contributed by atoms with van der Waals surface area (Å²) in [6.45, 7) is 12.1. The molecule has 17 heavy (non-hydrogen) atoms. The average Bonchev–Trinajstić information content (AvgIpc) is 2.24. The van der Waals surface area contributed by atoms with Crippen LogP contribution in [-0.4, -0.2) is 47.8 Å². The van der Waals surface area contributed by atoms with Crippen molar-refractivity contribution in [1.82, 2.24) is 10.2 Å². The Morgan fingerprint density at radius 1 is 1.29 bits per heavy atom. The number of nitrogens with zero attached hydrogens (tertiary/aromatic N) is 1. The molecule has 2 atom stereocenters. The third-order valence-corrected chi connectivity index (χ3v) is 3.35. The van der Waals surface area contributed by atoms with Crippen molar-refractivity contribution < 1.29 is 5.11 Å². The predicted octanol–water partition coefficient (Wildman–Crippen LogP) is 2.25. The summed E-state index contributed by atoms with van der Waals surface area (Å²) in [7, 11) is 2.17. The minimum absolute atomic E-state index is 0.173. The van der Waals surface area contributed by atoms with Gasteiger partial charge in [0.15, 0.2) is 0 Å². The summed E-state index contributed by atoms with van der Waals surface area (Å²) in [6, 6.07) is 0.894. The van der Waals surface area contributed by atoms with Crippen molar-refractivity contribution in [1.29, 1.82) is 0 Å². The van der Waals surface area contributed by atoms with E-state index in [2.05, 4.69) is 51.9 Å². The van der Waals surface area contributed by atoms with Gasteiger partial charge in [-0.05, 0) is 40.3 Å². The third kappa shape index (κ3) is 7.02. The second-order valence-corrected chi connectivity index (χ2v) is 5.91. The fourth-order valence-corrected chi connectivity index (χ4v) is 2.30. The van der Waals surface area contributed by atoms with Gasteiger partial charge in [0.1, 0.15) is 0 Å². The molecule has 2 N–H and O–H groups in total. The van der Waals surface area contributed by atoms with Gasteiger partial charge in [0.2, 0.25) is 0 Å². The van der Waals surface area contributed by atoms with Gasteiger partial charge in [0.25, 0.3) is 0 Å². The quantitative estimate of drug-likeness (QED) is 0.653. The van der Waals surface area contributed by atoms with Gasteiger partial charge >= 0.3 is 0 Å². The van der Waals surface area contributed by atoms with Crippen molar-refractivity contribution in [2.45, 2.75) is 71.5 Å². The highest BCUT2D eigenvalue weighted by Gasteiger charge is 2.27. The van der Waals surface area contributed by atoms with Gasteiger partial charge in [-0.2, -0.15) is 0 Å². The van der Waals surface area contributed by atoms with Crippen molar-refractivity contribution in [2.75, 3.05) is 20.2 Å². The molecule has 0 saturated carbocycles. The molecule has 0 radical (unpaired) electrons. The first-order valence-electron chi connectivity index (χ1n) is 6.93. The average molecular weight is 244 g/mol. The Labute approximate surface area is 108 Å². The third-order valence-electron chi connectivity index (χ3n) is 3.35. The van der Waals surface area contributed by atoms with E-state index in [1.54, 1.807) is 0 Å². The molecule has 0 aliphatic heterocycles. The van der Waals surface area contributed by atoms with E-state index in [0.29, 0.717) is 12.1 Å². The lowest BCUT2D eigenvalue weighted by atomic mass is 9.93. The molecule has 0 bridgehead atoms. The van der Waals surface area contributed by atoms with Crippen molar-refractivity contribution in [3.05, 3.63) is 0 Å². The molecular formula is C14H32N2O. The van der Waals surface area contributed by atoms with Crippen LogP contribution in [0.1, 0.15) is 53.9 Å². The molecule has 104 valence electrons. The summed E-state index contributed by atoms with van der Waals surface area (Å²) in [5, 5.41) is 13.0. The van der Waals surface area contributed by atoms with Gasteiger partial charge in [0.05, 0.1) is 6.61 Å². The first-order valence-corrected chi connectivity index (χ1v) is 6.93. The van der Waals surface area contributed by atoms with E-state index in [1.165, 1.54) is 12.8 Å². The zero-order valence-electron chi connectivity index (χ0n) is 12.6. The molecule has 0 aliphatic rings. The molecule has 0 amide bonds. The fourth-order valence-electron chi connectivity index (χ4n) is 2.30. The van der Waals surface area contributed by atoms with Crippen LogP contribution in [0, 0.1) is 0 Å². The number of hydrogen-bond acceptors (Lipinski definition) is 3. The lowest BCUT2D eigenvalue weighted by Gasteiger charge is -2.36. The first kappa shape index (κ1) is 16.9. The highest BCUT2D eigenvalue weighted by Crippen LogP contribution is 2.16. The normalized spacial score (nSPS) is 17.5. The van der Waals surface area contributed by atoms with Gasteiger partial charge in [0, 0.05) is 17.6 Å². The molecule has 0 spiro atoms. The van der Waals surface area contributed by atoms with Gasteiger partial charge in [-0.1, -0.05) is 27.2 Å². The Hall–Kier alpha value is -0.120. The fraction of sp³-hybridized carbons (Fsp3) is 1.00. The van der Waals surface area contributed by atoms with Crippen LogP contribution in [0.4, 0.5) is 0 Å². The zero-order chi connectivity index (χ0) is 13.5. The molecule has 0 fully saturated rings. The minimum Gasteiger partial charge on any atom is -0.394 e. The molecular weight excluding hydrogens is 212 g/mol. The number of unbranched alkanes of at least 4 members (excludes halogenated alkanes) is 1. The highest BCUT2D eigenvalue weighted by atomic mass is 16.3. The minimum atomic E-state index is -0.173. The molecule has 0 aromatic carbocycles. The first-order chi connectivity index (χ1) is 7.84. The number of hydrogen-bond donors (Lipinski definition) is 2. The SMILES string of the molecule is CCCCN(C)C(C)CC(C)(CO)NC(C)C. The summed E-state index contributed by atoms with van der Waals surface area (Å²) in [4.78, 5) is 2.39. The topological polar surface area (TPSA) is 35.5 Å². The van der Waals surface area contributed by atoms with Crippen LogP contribution in [0.25, 0.3) is 0 Å². The second kappa shape index (κ2) is 8.06. The van der Waals surface area contributed by atoms with E-state index >= 15 is 0 Å². The molecule has 0 aromatic rings. The van der Waals surface area contributed by atoms with E-state index in [9.17, 15) is 5.11 Å². The summed E-state index contributed by atoms with van der Waals surface area (Å²) in [5.41, 5.74) is -0.173. The maximum absolute atomic E-state index is 9.56. The van der Waals surface area contributed by atoms with Crippen LogP contribution in [0.5, 0.6) is 0 Å². The van der Waals surface area contributed by atoms with Gasteiger partial charge in [-0.15, -0.1) is 0 Å². The number of aliphatic hydroxyl groups excluding tert-OH is 1. The van der Waals surface area contributed by atoms with Gasteiger partial charge in [-0.3, -0.25) is 0 Å². The zero-order valence-corrected chi connectivity index (χ0v) is 12.6. The van der Waals surface area contributed by atoms with E-state index < -0.39 is 0 Å². The van der Waals surface area contributed by atoms with Gasteiger partial charge < -0.3 is 15.3 Å². The van der Waals surface area contributed by atoms with E-state index in [4.69, 9.17) is 0 Å². The van der Waals surface area contributed by atoms with Crippen LogP contribution in [-0.2, 0) is 0 Å². The largest absolute Gasteiger partial charge is 0.394 e. The van der Waals surface area contributed by atoms with Crippen LogP contribution >= 0.6 is 0 Å². The van der Waals surface area contributed by atoms with Crippen LogP contribution in [0.2, 0.25) is 0 Å². The molecule has 2 unspecified atom stereocenters. The Bertz CT molecular complexity index is 197. The standard InChI is InChI=1S/C14H32N2O/c1-7-8-9-16(6)13(4)10-14(5,11-17)15-12(2)3/h12-13,15,17H,7-11H2,1-6H3. The Morgan fingerprint density at radius 3 is 2.29 bits per heavy atom. The lowest BCUT2D eigenvalue weighted by Crippen LogP contribution is -2.52. The molecule has 3 nitrogen and oxygen atoms in total. The van der Waals surface area contributed by atoms with Crippen LogP contribution < -0.4 is 5.32 Å². The van der Waals surface area contributed by atoms with E-state index in [-0.39, 0.29) is 12.1 Å². The van der Waals surface area contributed by atoms with Crippen LogP contribution in [0.15, 0.2) is 0 Å². The van der Waals surface area contributed by atoms with Gasteiger partial charge in [-0.25, -0.2) is 0 Å². The smallest absolute Gasteiger partial charge is 0.0611 e. The van der Waals surface area contributed by atoms with E-state index in [0.717, 1.165) is 13.0 Å². The van der Waals surface area contributed by atoms with Crippen molar-refractivity contribution in [3.63, 3.8) is 0 Å².